The second-order valence-corrected chi connectivity index (χ2v) is 9.13. The summed E-state index contributed by atoms with van der Waals surface area (Å²) >= 11 is 0. The van der Waals surface area contributed by atoms with Crippen molar-refractivity contribution >= 4 is 17.6 Å². The summed E-state index contributed by atoms with van der Waals surface area (Å²) in [6.07, 6.45) is 2.32. The molecule has 0 spiro atoms. The summed E-state index contributed by atoms with van der Waals surface area (Å²) in [7, 11) is 0. The lowest BCUT2D eigenvalue weighted by Gasteiger charge is -2.38. The van der Waals surface area contributed by atoms with Gasteiger partial charge in [-0.05, 0) is 18.4 Å². The molecule has 4 fully saturated rings. The number of hydrogen-bond donors (Lipinski definition) is 1. The van der Waals surface area contributed by atoms with Crippen LogP contribution in [0, 0.1) is 11.8 Å². The quantitative estimate of drug-likeness (QED) is 0.673. The molecule has 2 unspecified atom stereocenters. The van der Waals surface area contributed by atoms with E-state index in [4.69, 9.17) is 15.5 Å². The number of aromatic nitrogens is 3. The van der Waals surface area contributed by atoms with Gasteiger partial charge in [-0.3, -0.25) is 0 Å². The highest BCUT2D eigenvalue weighted by Gasteiger charge is 2.60. The maximum Gasteiger partial charge on any atom is 0.387 e. The molecule has 3 aliphatic heterocycles. The van der Waals surface area contributed by atoms with Gasteiger partial charge < -0.3 is 25.0 Å². The molecule has 33 heavy (non-hydrogen) atoms. The largest absolute Gasteiger partial charge is 0.431 e. The molecule has 5 heterocycles. The first-order chi connectivity index (χ1) is 15.8. The number of morpholine rings is 1. The highest BCUT2D eigenvalue weighted by Crippen LogP contribution is 2.52. The van der Waals surface area contributed by atoms with Crippen LogP contribution in [-0.4, -0.2) is 65.9 Å². The van der Waals surface area contributed by atoms with Crippen LogP contribution in [-0.2, 0) is 4.74 Å². The lowest BCUT2D eigenvalue weighted by molar-refractivity contribution is -0.152. The maximum absolute atomic E-state index is 14.0. The summed E-state index contributed by atoms with van der Waals surface area (Å²) in [5.41, 5.74) is 6.52. The van der Waals surface area contributed by atoms with Gasteiger partial charge in [0.25, 0.3) is 5.92 Å². The first kappa shape index (κ1) is 20.7. The molecule has 1 saturated carbocycles. The molecular weight excluding hydrogens is 444 g/mol. The van der Waals surface area contributed by atoms with E-state index in [1.165, 1.54) is 12.3 Å². The Morgan fingerprint density at radius 3 is 2.70 bits per heavy atom. The molecule has 2 bridgehead atoms. The third kappa shape index (κ3) is 3.51. The van der Waals surface area contributed by atoms with Crippen molar-refractivity contribution in [2.75, 3.05) is 41.8 Å². The Morgan fingerprint density at radius 1 is 1.18 bits per heavy atom. The molecule has 1 aliphatic carbocycles. The van der Waals surface area contributed by atoms with Crippen LogP contribution >= 0.6 is 0 Å². The minimum atomic E-state index is -3.05. The standard InChI is InChI=1S/C21H22F4N6O2/c22-19(23)33-16-1-10(5-27-18(16)26)15-3-17(31-7-13-2-12(31)9-32-13)29-20(28-15)30-6-11-4-21(24,25)14(11)8-30/h1,3,5,11-14,19H,2,4,6-9H2,(H2,26,27)/t11?,12-,13-,14?/m0/s1. The average molecular weight is 466 g/mol. The zero-order chi connectivity index (χ0) is 22.9. The Balaban J connectivity index is 1.38. The first-order valence-electron chi connectivity index (χ1n) is 10.9. The molecule has 4 aliphatic rings. The second-order valence-electron chi connectivity index (χ2n) is 9.13. The lowest BCUT2D eigenvalue weighted by Crippen LogP contribution is -2.46. The van der Waals surface area contributed by atoms with Crippen LogP contribution in [0.5, 0.6) is 5.75 Å². The van der Waals surface area contributed by atoms with Crippen molar-refractivity contribution in [3.8, 4) is 17.0 Å². The number of rotatable bonds is 5. The minimum Gasteiger partial charge on any atom is -0.431 e. The molecule has 3 saturated heterocycles. The van der Waals surface area contributed by atoms with Crippen molar-refractivity contribution in [2.45, 2.75) is 37.5 Å². The van der Waals surface area contributed by atoms with E-state index < -0.39 is 18.5 Å². The van der Waals surface area contributed by atoms with Gasteiger partial charge in [-0.15, -0.1) is 0 Å². The molecule has 4 atom stereocenters. The number of ether oxygens (including phenoxy) is 2. The number of halogens is 4. The molecule has 0 aromatic carbocycles. The minimum absolute atomic E-state index is 0.0869. The summed E-state index contributed by atoms with van der Waals surface area (Å²) in [5, 5.41) is 0. The number of pyridine rings is 1. The Bertz CT molecular complexity index is 1090. The van der Waals surface area contributed by atoms with Crippen LogP contribution in [0.1, 0.15) is 12.8 Å². The SMILES string of the molecule is Nc1ncc(-c2cc(N3C[C@@H]4C[C@H]3CO4)nc(N3CC4CC(F)(F)C4C3)n2)cc1OC(F)F. The van der Waals surface area contributed by atoms with E-state index in [1.54, 1.807) is 11.0 Å². The number of alkyl halides is 4. The third-order valence-electron chi connectivity index (χ3n) is 7.09. The predicted molar refractivity (Wildman–Crippen MR) is 111 cm³/mol. The Kier molecular flexibility index (Phi) is 4.58. The molecular formula is C21H22F4N6O2. The number of hydrogen-bond acceptors (Lipinski definition) is 8. The van der Waals surface area contributed by atoms with Crippen LogP contribution in [0.25, 0.3) is 11.3 Å². The number of fused-ring (bicyclic) bond motifs is 3. The normalized spacial score (nSPS) is 29.5. The lowest BCUT2D eigenvalue weighted by atomic mass is 9.72. The zero-order valence-electron chi connectivity index (χ0n) is 17.5. The summed E-state index contributed by atoms with van der Waals surface area (Å²) in [4.78, 5) is 17.2. The van der Waals surface area contributed by atoms with Crippen molar-refractivity contribution < 1.29 is 27.0 Å². The van der Waals surface area contributed by atoms with Gasteiger partial charge in [-0.25, -0.2) is 18.7 Å². The van der Waals surface area contributed by atoms with Gasteiger partial charge in [0, 0.05) is 49.8 Å². The molecule has 2 N–H and O–H groups in total. The van der Waals surface area contributed by atoms with Crippen LogP contribution in [0.4, 0.5) is 35.1 Å². The van der Waals surface area contributed by atoms with Crippen LogP contribution in [0.3, 0.4) is 0 Å². The fourth-order valence-electron chi connectivity index (χ4n) is 5.38. The molecule has 2 aromatic rings. The molecule has 6 rings (SSSR count). The Hall–Kier alpha value is -2.89. The molecule has 12 heteroatoms. The Labute approximate surface area is 186 Å². The number of anilines is 3. The number of nitrogens with two attached hydrogens (primary N) is 1. The highest BCUT2D eigenvalue weighted by molar-refractivity contribution is 5.68. The van der Waals surface area contributed by atoms with Crippen molar-refractivity contribution in [1.82, 2.24) is 15.0 Å². The second kappa shape index (κ2) is 7.31. The summed E-state index contributed by atoms with van der Waals surface area (Å²) < 4.78 is 63.6. The number of nitrogen functional groups attached to an aromatic ring is 1. The maximum atomic E-state index is 14.0. The van der Waals surface area contributed by atoms with E-state index in [2.05, 4.69) is 19.6 Å². The predicted octanol–water partition coefficient (Wildman–Crippen LogP) is 2.79. The van der Waals surface area contributed by atoms with E-state index in [-0.39, 0.29) is 42.6 Å². The van der Waals surface area contributed by atoms with Gasteiger partial charge in [0.2, 0.25) is 5.95 Å². The fourth-order valence-corrected chi connectivity index (χ4v) is 5.38. The monoisotopic (exact) mass is 466 g/mol. The van der Waals surface area contributed by atoms with Crippen molar-refractivity contribution in [3.63, 3.8) is 0 Å². The molecule has 0 radical (unpaired) electrons. The van der Waals surface area contributed by atoms with Crippen molar-refractivity contribution in [2.24, 2.45) is 11.8 Å². The fraction of sp³-hybridized carbons (Fsp3) is 0.571. The summed E-state index contributed by atoms with van der Waals surface area (Å²) in [5.74, 6) is -2.88. The summed E-state index contributed by atoms with van der Waals surface area (Å²) in [6, 6.07) is 3.28. The van der Waals surface area contributed by atoms with E-state index in [1.807, 2.05) is 0 Å². The van der Waals surface area contributed by atoms with Gasteiger partial charge in [0.05, 0.1) is 24.4 Å². The van der Waals surface area contributed by atoms with Gasteiger partial charge in [-0.2, -0.15) is 13.8 Å². The van der Waals surface area contributed by atoms with Crippen molar-refractivity contribution in [3.05, 3.63) is 18.3 Å². The van der Waals surface area contributed by atoms with Gasteiger partial charge in [-0.1, -0.05) is 0 Å². The Morgan fingerprint density at radius 2 is 2.03 bits per heavy atom. The average Bonchev–Trinajstić information content (AvgIpc) is 3.49. The molecule has 176 valence electrons. The molecule has 8 nitrogen and oxygen atoms in total. The van der Waals surface area contributed by atoms with E-state index in [0.717, 1.165) is 6.42 Å². The summed E-state index contributed by atoms with van der Waals surface area (Å²) in [6.45, 7) is -1.16. The van der Waals surface area contributed by atoms with E-state index >= 15 is 0 Å². The number of nitrogens with zero attached hydrogens (tertiary/aromatic N) is 5. The van der Waals surface area contributed by atoms with Crippen molar-refractivity contribution in [1.29, 1.82) is 0 Å². The molecule has 0 amide bonds. The van der Waals surface area contributed by atoms with E-state index in [0.29, 0.717) is 42.7 Å². The van der Waals surface area contributed by atoms with Crippen LogP contribution in [0.2, 0.25) is 0 Å². The molecule has 2 aromatic heterocycles. The van der Waals surface area contributed by atoms with Gasteiger partial charge >= 0.3 is 6.61 Å². The van der Waals surface area contributed by atoms with Crippen LogP contribution in [0.15, 0.2) is 18.3 Å². The smallest absolute Gasteiger partial charge is 0.387 e. The zero-order valence-corrected chi connectivity index (χ0v) is 17.5. The third-order valence-corrected chi connectivity index (χ3v) is 7.09. The van der Waals surface area contributed by atoms with E-state index in [9.17, 15) is 17.6 Å². The first-order valence-corrected chi connectivity index (χ1v) is 10.9. The van der Waals surface area contributed by atoms with Crippen LogP contribution < -0.4 is 20.3 Å². The van der Waals surface area contributed by atoms with Gasteiger partial charge in [0.1, 0.15) is 5.82 Å². The highest BCUT2D eigenvalue weighted by atomic mass is 19.3. The topological polar surface area (TPSA) is 89.6 Å². The van der Waals surface area contributed by atoms with Gasteiger partial charge in [0.15, 0.2) is 11.6 Å².